The fourth-order valence-corrected chi connectivity index (χ4v) is 5.02. The third-order valence-electron chi connectivity index (χ3n) is 5.89. The van der Waals surface area contributed by atoms with E-state index in [0.717, 1.165) is 58.8 Å². The number of aromatic amines is 1. The number of aromatic nitrogens is 3. The number of hydrogen-bond acceptors (Lipinski definition) is 5. The molecule has 1 fully saturated rings. The standard InChI is InChI=1S/C24H26N4OS/c1-15-25-19(14-30-15)13-23-27-20-9-7-16(12-22(20)28-23)11-18-8-10-21(26-18)24(29)17-5-3-2-4-6-17/h2-7,9,12,14,18,21,24,26,29H,8,10-11,13H2,1H3,(H,27,28)/t18-,21+,24+/m0/s1. The normalized spacial score (nSPS) is 20.1. The SMILES string of the molecule is Cc1nc(Cc2nc3ccc(C[C@@H]4CC[C@H]([C@H](O)c5ccccc5)N4)cc3[nH]2)cs1. The van der Waals surface area contributed by atoms with E-state index in [9.17, 15) is 5.11 Å². The van der Waals surface area contributed by atoms with Crippen molar-refractivity contribution >= 4 is 22.4 Å². The van der Waals surface area contributed by atoms with Crippen LogP contribution in [0.25, 0.3) is 11.0 Å². The summed E-state index contributed by atoms with van der Waals surface area (Å²) in [4.78, 5) is 12.7. The Kier molecular flexibility index (Phi) is 5.37. The summed E-state index contributed by atoms with van der Waals surface area (Å²) in [6.45, 7) is 2.03. The molecule has 0 radical (unpaired) electrons. The van der Waals surface area contributed by atoms with Gasteiger partial charge in [-0.2, -0.15) is 0 Å². The summed E-state index contributed by atoms with van der Waals surface area (Å²) in [6, 6.07) is 16.9. The van der Waals surface area contributed by atoms with Crippen LogP contribution in [0.1, 0.15) is 46.6 Å². The lowest BCUT2D eigenvalue weighted by Gasteiger charge is -2.20. The number of nitrogens with zero attached hydrogens (tertiary/aromatic N) is 2. The molecule has 0 amide bonds. The van der Waals surface area contributed by atoms with E-state index in [-0.39, 0.29) is 6.04 Å². The number of rotatable bonds is 6. The smallest absolute Gasteiger partial charge is 0.113 e. The van der Waals surface area contributed by atoms with Crippen LogP contribution in [-0.2, 0) is 12.8 Å². The second-order valence-corrected chi connectivity index (χ2v) is 9.24. The van der Waals surface area contributed by atoms with E-state index in [4.69, 9.17) is 4.98 Å². The Bertz CT molecular complexity index is 1140. The Morgan fingerprint density at radius 1 is 1.13 bits per heavy atom. The third-order valence-corrected chi connectivity index (χ3v) is 6.71. The Morgan fingerprint density at radius 3 is 2.80 bits per heavy atom. The zero-order valence-corrected chi connectivity index (χ0v) is 17.8. The van der Waals surface area contributed by atoms with Gasteiger partial charge in [0.25, 0.3) is 0 Å². The van der Waals surface area contributed by atoms with Gasteiger partial charge in [0.1, 0.15) is 5.82 Å². The van der Waals surface area contributed by atoms with Crippen molar-refractivity contribution in [2.45, 2.75) is 50.8 Å². The molecule has 3 heterocycles. The van der Waals surface area contributed by atoms with Crippen molar-refractivity contribution in [1.29, 1.82) is 0 Å². The molecule has 30 heavy (non-hydrogen) atoms. The number of imidazole rings is 1. The predicted octanol–water partition coefficient (Wildman–Crippen LogP) is 4.32. The zero-order chi connectivity index (χ0) is 20.5. The van der Waals surface area contributed by atoms with E-state index >= 15 is 0 Å². The summed E-state index contributed by atoms with van der Waals surface area (Å²) in [5.41, 5.74) is 5.41. The van der Waals surface area contributed by atoms with Gasteiger partial charge in [0.05, 0.1) is 27.8 Å². The van der Waals surface area contributed by atoms with E-state index in [1.807, 2.05) is 37.3 Å². The summed E-state index contributed by atoms with van der Waals surface area (Å²) < 4.78 is 0. The first kappa shape index (κ1) is 19.4. The fourth-order valence-electron chi connectivity index (χ4n) is 4.41. The van der Waals surface area contributed by atoms with Crippen molar-refractivity contribution in [3.05, 3.63) is 81.6 Å². The average molecular weight is 419 g/mol. The van der Waals surface area contributed by atoms with E-state index < -0.39 is 6.10 Å². The maximum Gasteiger partial charge on any atom is 0.113 e. The number of H-pyrrole nitrogens is 1. The maximum absolute atomic E-state index is 10.7. The topological polar surface area (TPSA) is 73.8 Å². The van der Waals surface area contributed by atoms with Crippen molar-refractivity contribution in [3.8, 4) is 0 Å². The van der Waals surface area contributed by atoms with Gasteiger partial charge in [-0.15, -0.1) is 11.3 Å². The first-order chi connectivity index (χ1) is 14.6. The Morgan fingerprint density at radius 2 is 2.00 bits per heavy atom. The minimum absolute atomic E-state index is 0.112. The summed E-state index contributed by atoms with van der Waals surface area (Å²) >= 11 is 1.67. The van der Waals surface area contributed by atoms with Crippen LogP contribution in [-0.4, -0.2) is 32.1 Å². The van der Waals surface area contributed by atoms with E-state index in [2.05, 4.69) is 38.9 Å². The Balaban J connectivity index is 1.24. The lowest BCUT2D eigenvalue weighted by atomic mass is 10.0. The van der Waals surface area contributed by atoms with E-state index in [1.54, 1.807) is 11.3 Å². The molecule has 4 aromatic rings. The monoisotopic (exact) mass is 418 g/mol. The molecule has 5 rings (SSSR count). The molecule has 0 unspecified atom stereocenters. The van der Waals surface area contributed by atoms with Crippen LogP contribution < -0.4 is 5.32 Å². The number of nitrogens with one attached hydrogen (secondary N) is 2. The van der Waals surface area contributed by atoms with Crippen LogP contribution in [0.15, 0.2) is 53.9 Å². The first-order valence-corrected chi connectivity index (χ1v) is 11.4. The molecule has 0 bridgehead atoms. The zero-order valence-electron chi connectivity index (χ0n) is 17.0. The lowest BCUT2D eigenvalue weighted by molar-refractivity contribution is 0.135. The van der Waals surface area contributed by atoms with Crippen LogP contribution >= 0.6 is 11.3 Å². The molecule has 1 aliphatic heterocycles. The molecular formula is C24H26N4OS. The van der Waals surface area contributed by atoms with Crippen molar-refractivity contribution in [1.82, 2.24) is 20.3 Å². The van der Waals surface area contributed by atoms with Gasteiger partial charge in [0, 0.05) is 23.9 Å². The second-order valence-electron chi connectivity index (χ2n) is 8.18. The maximum atomic E-state index is 10.7. The van der Waals surface area contributed by atoms with Gasteiger partial charge in [0.2, 0.25) is 0 Å². The molecular weight excluding hydrogens is 392 g/mol. The highest BCUT2D eigenvalue weighted by atomic mass is 32.1. The first-order valence-electron chi connectivity index (χ1n) is 10.5. The van der Waals surface area contributed by atoms with Crippen molar-refractivity contribution in [2.75, 3.05) is 0 Å². The molecule has 1 aliphatic rings. The van der Waals surface area contributed by atoms with Gasteiger partial charge in [-0.05, 0) is 49.4 Å². The highest BCUT2D eigenvalue weighted by molar-refractivity contribution is 7.09. The van der Waals surface area contributed by atoms with Crippen molar-refractivity contribution in [3.63, 3.8) is 0 Å². The van der Waals surface area contributed by atoms with Gasteiger partial charge in [-0.25, -0.2) is 9.97 Å². The minimum Gasteiger partial charge on any atom is -0.387 e. The number of aliphatic hydroxyl groups excluding tert-OH is 1. The molecule has 6 heteroatoms. The van der Waals surface area contributed by atoms with Gasteiger partial charge < -0.3 is 15.4 Å². The highest BCUT2D eigenvalue weighted by Crippen LogP contribution is 2.27. The van der Waals surface area contributed by atoms with Crippen molar-refractivity contribution < 1.29 is 5.11 Å². The number of benzene rings is 2. The Hall–Kier alpha value is -2.54. The van der Waals surface area contributed by atoms with Crippen molar-refractivity contribution in [2.24, 2.45) is 0 Å². The second kappa shape index (κ2) is 8.30. The van der Waals surface area contributed by atoms with Gasteiger partial charge in [-0.3, -0.25) is 0 Å². The van der Waals surface area contributed by atoms with Crippen LogP contribution in [0.4, 0.5) is 0 Å². The summed E-state index contributed by atoms with van der Waals surface area (Å²) in [6.07, 6.45) is 3.29. The average Bonchev–Trinajstić information content (AvgIpc) is 3.48. The molecule has 1 saturated heterocycles. The fraction of sp³-hybridized carbons (Fsp3) is 0.333. The molecule has 2 aromatic heterocycles. The number of aliphatic hydroxyl groups is 1. The molecule has 5 nitrogen and oxygen atoms in total. The van der Waals surface area contributed by atoms with Gasteiger partial charge in [0.15, 0.2) is 0 Å². The number of hydrogen-bond donors (Lipinski definition) is 3. The van der Waals surface area contributed by atoms with Crippen LogP contribution in [0, 0.1) is 6.92 Å². The molecule has 3 atom stereocenters. The number of aryl methyl sites for hydroxylation is 1. The van der Waals surface area contributed by atoms with E-state index in [0.29, 0.717) is 6.04 Å². The molecule has 0 saturated carbocycles. The number of thiazole rings is 1. The minimum atomic E-state index is -0.455. The summed E-state index contributed by atoms with van der Waals surface area (Å²) in [7, 11) is 0. The quantitative estimate of drug-likeness (QED) is 0.436. The van der Waals surface area contributed by atoms with Gasteiger partial charge >= 0.3 is 0 Å². The van der Waals surface area contributed by atoms with E-state index in [1.165, 1.54) is 5.56 Å². The molecule has 0 aliphatic carbocycles. The Labute approximate surface area is 180 Å². The summed E-state index contributed by atoms with van der Waals surface area (Å²) in [5, 5.41) is 17.5. The largest absolute Gasteiger partial charge is 0.387 e. The molecule has 154 valence electrons. The molecule has 3 N–H and O–H groups in total. The molecule has 2 aromatic carbocycles. The third kappa shape index (κ3) is 4.17. The van der Waals surface area contributed by atoms with Gasteiger partial charge in [-0.1, -0.05) is 36.4 Å². The van der Waals surface area contributed by atoms with Crippen LogP contribution in [0.5, 0.6) is 0 Å². The lowest BCUT2D eigenvalue weighted by Crippen LogP contribution is -2.35. The number of fused-ring (bicyclic) bond motifs is 1. The summed E-state index contributed by atoms with van der Waals surface area (Å²) in [5.74, 6) is 0.956. The predicted molar refractivity (Wildman–Crippen MR) is 121 cm³/mol. The molecule has 0 spiro atoms. The van der Waals surface area contributed by atoms with Crippen LogP contribution in [0.2, 0.25) is 0 Å². The highest BCUT2D eigenvalue weighted by Gasteiger charge is 2.29. The van der Waals surface area contributed by atoms with Crippen LogP contribution in [0.3, 0.4) is 0 Å².